The number of amides is 1. The molecule has 31 heavy (non-hydrogen) atoms. The standard InChI is InChI=1S/C22H31N3O4S.ClH/c1-15(2)18-19-22(9-10-23-19,25(21(18)27)30(3,28)29)20(26)17-8-6-7-16(13-17)14-24-11-4-5-12-24;/h6-8,13,15,18-19,23H,4-5,9-12,14H2,1-3H3;1H/t18-,19-,22+;/m1./s1. The molecule has 3 atom stereocenters. The van der Waals surface area contributed by atoms with E-state index >= 15 is 0 Å². The van der Waals surface area contributed by atoms with Gasteiger partial charge in [0.2, 0.25) is 15.9 Å². The van der Waals surface area contributed by atoms with E-state index in [1.54, 1.807) is 6.07 Å². The van der Waals surface area contributed by atoms with Gasteiger partial charge in [-0.2, -0.15) is 0 Å². The molecule has 9 heteroatoms. The van der Waals surface area contributed by atoms with Crippen LogP contribution in [0.5, 0.6) is 0 Å². The molecule has 3 fully saturated rings. The van der Waals surface area contributed by atoms with Crippen molar-refractivity contribution in [3.8, 4) is 0 Å². The number of hydrogen-bond donors (Lipinski definition) is 1. The zero-order valence-corrected chi connectivity index (χ0v) is 20.0. The molecule has 1 amide bonds. The Bertz CT molecular complexity index is 961. The van der Waals surface area contributed by atoms with E-state index in [9.17, 15) is 18.0 Å². The van der Waals surface area contributed by atoms with Crippen molar-refractivity contribution >= 4 is 34.1 Å². The van der Waals surface area contributed by atoms with Gasteiger partial charge in [-0.1, -0.05) is 32.0 Å². The summed E-state index contributed by atoms with van der Waals surface area (Å²) in [6.07, 6.45) is 3.71. The molecular weight excluding hydrogens is 438 g/mol. The Labute approximate surface area is 191 Å². The third-order valence-corrected chi connectivity index (χ3v) is 8.00. The van der Waals surface area contributed by atoms with Gasteiger partial charge in [0.1, 0.15) is 5.54 Å². The number of halogens is 1. The summed E-state index contributed by atoms with van der Waals surface area (Å²) < 4.78 is 26.3. The van der Waals surface area contributed by atoms with Crippen molar-refractivity contribution in [1.29, 1.82) is 0 Å². The van der Waals surface area contributed by atoms with Gasteiger partial charge in [-0.25, -0.2) is 12.7 Å². The summed E-state index contributed by atoms with van der Waals surface area (Å²) in [7, 11) is -3.90. The topological polar surface area (TPSA) is 86.8 Å². The molecule has 0 bridgehead atoms. The van der Waals surface area contributed by atoms with Crippen LogP contribution in [0.25, 0.3) is 0 Å². The van der Waals surface area contributed by atoms with Crippen LogP contribution in [0.2, 0.25) is 0 Å². The van der Waals surface area contributed by atoms with Crippen molar-refractivity contribution in [3.63, 3.8) is 0 Å². The van der Waals surface area contributed by atoms with Gasteiger partial charge in [-0.15, -0.1) is 12.4 Å². The van der Waals surface area contributed by atoms with Gasteiger partial charge in [0.05, 0.1) is 18.2 Å². The number of fused-ring (bicyclic) bond motifs is 1. The number of Topliss-reactive ketones (excluding diaryl/α,β-unsaturated/α-hetero) is 1. The molecule has 3 aliphatic heterocycles. The van der Waals surface area contributed by atoms with Crippen LogP contribution in [0.1, 0.15) is 49.0 Å². The number of carbonyl (C=O) groups is 2. The average Bonchev–Trinajstić information content (AvgIpc) is 3.35. The fraction of sp³-hybridized carbons (Fsp3) is 0.636. The first-order valence-corrected chi connectivity index (χ1v) is 12.6. The minimum atomic E-state index is -3.90. The first-order valence-electron chi connectivity index (χ1n) is 10.8. The number of carbonyl (C=O) groups excluding carboxylic acids is 2. The highest BCUT2D eigenvalue weighted by Gasteiger charge is 2.67. The van der Waals surface area contributed by atoms with Crippen molar-refractivity contribution in [2.75, 3.05) is 25.9 Å². The Kier molecular flexibility index (Phi) is 6.87. The molecule has 0 spiro atoms. The summed E-state index contributed by atoms with van der Waals surface area (Å²) in [6.45, 7) is 7.20. The Morgan fingerprint density at radius 3 is 2.55 bits per heavy atom. The molecule has 1 aromatic rings. The van der Waals surface area contributed by atoms with Crippen LogP contribution in [-0.2, 0) is 21.4 Å². The van der Waals surface area contributed by atoms with Crippen LogP contribution in [0.3, 0.4) is 0 Å². The van der Waals surface area contributed by atoms with Crippen molar-refractivity contribution in [2.45, 2.75) is 51.2 Å². The number of ketones is 1. The molecule has 0 aromatic heterocycles. The molecule has 4 rings (SSSR count). The number of sulfonamides is 1. The first kappa shape index (κ1) is 24.2. The van der Waals surface area contributed by atoms with Gasteiger partial charge >= 0.3 is 0 Å². The number of nitrogens with one attached hydrogen (secondary N) is 1. The second kappa shape index (κ2) is 8.81. The maximum absolute atomic E-state index is 13.9. The smallest absolute Gasteiger partial charge is 0.242 e. The van der Waals surface area contributed by atoms with Crippen molar-refractivity contribution < 1.29 is 18.0 Å². The van der Waals surface area contributed by atoms with Crippen LogP contribution in [-0.4, -0.2) is 66.8 Å². The zero-order chi connectivity index (χ0) is 21.7. The lowest BCUT2D eigenvalue weighted by Crippen LogP contribution is -2.58. The number of hydrogen-bond acceptors (Lipinski definition) is 6. The van der Waals surface area contributed by atoms with Crippen LogP contribution in [0.4, 0.5) is 0 Å². The molecule has 1 aromatic carbocycles. The third kappa shape index (κ3) is 4.03. The quantitative estimate of drug-likeness (QED) is 0.642. The molecule has 0 aliphatic carbocycles. The van der Waals surface area contributed by atoms with Crippen LogP contribution in [0, 0.1) is 11.8 Å². The van der Waals surface area contributed by atoms with Gasteiger partial charge < -0.3 is 5.32 Å². The lowest BCUT2D eigenvalue weighted by Gasteiger charge is -2.35. The molecule has 3 saturated heterocycles. The van der Waals surface area contributed by atoms with E-state index in [1.807, 2.05) is 32.0 Å². The third-order valence-electron chi connectivity index (χ3n) is 6.83. The Morgan fingerprint density at radius 1 is 1.26 bits per heavy atom. The number of likely N-dealkylation sites (tertiary alicyclic amines) is 1. The normalized spacial score (nSPS) is 28.8. The fourth-order valence-corrected chi connectivity index (χ4v) is 6.93. The largest absolute Gasteiger partial charge is 0.310 e. The van der Waals surface area contributed by atoms with E-state index in [-0.39, 0.29) is 24.1 Å². The van der Waals surface area contributed by atoms with E-state index in [1.165, 1.54) is 12.8 Å². The molecule has 0 radical (unpaired) electrons. The second-order valence-electron chi connectivity index (χ2n) is 9.25. The minimum Gasteiger partial charge on any atom is -0.310 e. The van der Waals surface area contributed by atoms with E-state index in [4.69, 9.17) is 0 Å². The number of nitrogens with zero attached hydrogens (tertiary/aromatic N) is 2. The van der Waals surface area contributed by atoms with Gasteiger partial charge in [-0.05, 0) is 56.4 Å². The minimum absolute atomic E-state index is 0. The van der Waals surface area contributed by atoms with Crippen molar-refractivity contribution in [3.05, 3.63) is 35.4 Å². The van der Waals surface area contributed by atoms with Crippen LogP contribution < -0.4 is 5.32 Å². The molecule has 3 aliphatic rings. The number of benzene rings is 1. The highest BCUT2D eigenvalue weighted by atomic mass is 35.5. The fourth-order valence-electron chi connectivity index (χ4n) is 5.61. The molecule has 7 nitrogen and oxygen atoms in total. The van der Waals surface area contributed by atoms with Gasteiger partial charge in [0.25, 0.3) is 0 Å². The SMILES string of the molecule is CC(C)[C@H]1C(=O)N(S(C)(=O)=O)[C@@]2(C(=O)c3cccc(CN4CCCC4)c3)CCN[C@H]12.Cl. The Hall–Kier alpha value is -1.48. The molecule has 0 saturated carbocycles. The predicted molar refractivity (Wildman–Crippen MR) is 122 cm³/mol. The monoisotopic (exact) mass is 469 g/mol. The predicted octanol–water partition coefficient (Wildman–Crippen LogP) is 2.06. The summed E-state index contributed by atoms with van der Waals surface area (Å²) in [5.41, 5.74) is 0.134. The first-order chi connectivity index (χ1) is 14.2. The van der Waals surface area contributed by atoms with Crippen molar-refractivity contribution in [2.24, 2.45) is 11.8 Å². The molecular formula is C22H32ClN3O4S. The summed E-state index contributed by atoms with van der Waals surface area (Å²) in [5, 5.41) is 3.29. The van der Waals surface area contributed by atoms with E-state index in [2.05, 4.69) is 10.2 Å². The maximum atomic E-state index is 13.9. The Morgan fingerprint density at radius 2 is 1.94 bits per heavy atom. The van der Waals surface area contributed by atoms with E-state index in [0.29, 0.717) is 18.5 Å². The molecule has 1 N–H and O–H groups in total. The highest BCUT2D eigenvalue weighted by molar-refractivity contribution is 7.89. The average molecular weight is 470 g/mol. The van der Waals surface area contributed by atoms with E-state index in [0.717, 1.165) is 35.8 Å². The summed E-state index contributed by atoms with van der Waals surface area (Å²) in [5.74, 6) is -1.36. The van der Waals surface area contributed by atoms with E-state index < -0.39 is 33.4 Å². The van der Waals surface area contributed by atoms with Crippen LogP contribution >= 0.6 is 12.4 Å². The number of rotatable bonds is 6. The Balaban J connectivity index is 0.00000272. The zero-order valence-electron chi connectivity index (χ0n) is 18.3. The van der Waals surface area contributed by atoms with Crippen molar-refractivity contribution in [1.82, 2.24) is 14.5 Å². The highest BCUT2D eigenvalue weighted by Crippen LogP contribution is 2.46. The molecule has 172 valence electrons. The molecule has 3 heterocycles. The lowest BCUT2D eigenvalue weighted by atomic mass is 9.78. The lowest BCUT2D eigenvalue weighted by molar-refractivity contribution is -0.129. The second-order valence-corrected chi connectivity index (χ2v) is 11.1. The van der Waals surface area contributed by atoms with Crippen LogP contribution in [0.15, 0.2) is 24.3 Å². The van der Waals surface area contributed by atoms with Gasteiger partial charge in [-0.3, -0.25) is 14.5 Å². The summed E-state index contributed by atoms with van der Waals surface area (Å²) >= 11 is 0. The van der Waals surface area contributed by atoms with Gasteiger partial charge in [0, 0.05) is 12.1 Å². The molecule has 0 unspecified atom stereocenters. The van der Waals surface area contributed by atoms with Gasteiger partial charge in [0.15, 0.2) is 5.78 Å². The maximum Gasteiger partial charge on any atom is 0.242 e. The summed E-state index contributed by atoms with van der Waals surface area (Å²) in [6, 6.07) is 6.97. The summed E-state index contributed by atoms with van der Waals surface area (Å²) in [4.78, 5) is 29.5.